The van der Waals surface area contributed by atoms with Crippen molar-refractivity contribution in [1.82, 2.24) is 4.98 Å². The Morgan fingerprint density at radius 1 is 0.284 bits per heavy atom. The van der Waals surface area contributed by atoms with E-state index in [1.807, 2.05) is 0 Å². The van der Waals surface area contributed by atoms with Gasteiger partial charge >= 0.3 is 0 Å². The Balaban J connectivity index is 1.27. The summed E-state index contributed by atoms with van der Waals surface area (Å²) in [4.78, 5) is 11.6. The molecule has 0 unspecified atom stereocenters. The number of hydrogen-bond donors (Lipinski definition) is 0. The van der Waals surface area contributed by atoms with E-state index in [0.29, 0.717) is 11.8 Å². The zero-order valence-electron chi connectivity index (χ0n) is 63.3. The van der Waals surface area contributed by atoms with Gasteiger partial charge in [-0.2, -0.15) is 0 Å². The second kappa shape index (κ2) is 24.1. The molecule has 95 heavy (non-hydrogen) atoms. The maximum atomic E-state index is 6.13. The molecule has 2 aliphatic heterocycles. The van der Waals surface area contributed by atoms with Gasteiger partial charge in [-0.05, 0) is 237 Å². The molecule has 12 rings (SSSR count). The number of pyridine rings is 1. The molecule has 0 bridgehead atoms. The number of anilines is 6. The normalized spacial score (nSPS) is 16.3. The standard InChI is InChI=1S/C91H116BN3/c1-84(2,3)65-39-61(40-66(49-65)85(4,5)6)62-43-77(63-41-67(86(7,8)9)50-68(42-63)87(10,11)12)93-78(44-62)64-47-81-83-82(48-64)95(74-55-71(90(19,20)21)52-72(56-74)91(22,23)24)80-46-60(58-33-29-26-30-34-58)36-38-76(80)92(83)75-37-35-59(57-31-27-25-28-32-57)45-79(75)94(81)73-53-69(88(13,14)15)51-70(54-73)89(16,17)18/h35-58H,25-34H2,1-24H3. The minimum absolute atomic E-state index is 0.0325. The number of fused-ring (bicyclic) bond motifs is 4. The van der Waals surface area contributed by atoms with Gasteiger partial charge in [0.25, 0.3) is 6.71 Å². The molecule has 2 fully saturated rings. The minimum atomic E-state index is -0.105. The van der Waals surface area contributed by atoms with Crippen LogP contribution in [-0.4, -0.2) is 11.7 Å². The third-order valence-electron chi connectivity index (χ3n) is 22.2. The number of aromatic nitrogens is 1. The Labute approximate surface area is 576 Å². The van der Waals surface area contributed by atoms with Gasteiger partial charge in [-0.25, -0.2) is 4.98 Å². The van der Waals surface area contributed by atoms with Gasteiger partial charge in [0.05, 0.1) is 11.4 Å². The molecule has 498 valence electrons. The molecule has 8 aromatic rings. The van der Waals surface area contributed by atoms with Crippen molar-refractivity contribution in [2.24, 2.45) is 0 Å². The van der Waals surface area contributed by atoms with Crippen LogP contribution in [0.15, 0.2) is 133 Å². The molecule has 4 aliphatic rings. The first kappa shape index (κ1) is 68.3. The van der Waals surface area contributed by atoms with Crippen LogP contribution in [0.5, 0.6) is 0 Å². The first-order valence-corrected chi connectivity index (χ1v) is 36.8. The molecule has 0 N–H and O–H groups in total. The molecule has 1 aromatic heterocycles. The SMILES string of the molecule is CC(C)(C)c1cc(-c2cc(-c3cc(C(C)(C)C)cc(C(C)(C)C)c3)nc(-c3cc4c5c(c3)N(c3cc(C(C)(C)C)cc(C(C)(C)C)c3)c3cc(C6CCCCC6)ccc3B5c3ccc(C5CCCCC5)cc3N4c3cc(C(C)(C)C)cc(C(C)(C)C)c3)c2)cc(C(C)(C)C)c1. The zero-order valence-corrected chi connectivity index (χ0v) is 63.3. The highest BCUT2D eigenvalue weighted by Gasteiger charge is 2.45. The lowest BCUT2D eigenvalue weighted by Gasteiger charge is -2.45. The van der Waals surface area contributed by atoms with Crippen LogP contribution in [0.2, 0.25) is 0 Å². The Morgan fingerprint density at radius 3 is 0.863 bits per heavy atom. The molecule has 7 aromatic carbocycles. The van der Waals surface area contributed by atoms with Gasteiger partial charge in [0.2, 0.25) is 0 Å². The van der Waals surface area contributed by atoms with Crippen molar-refractivity contribution in [3.8, 4) is 33.6 Å². The fourth-order valence-corrected chi connectivity index (χ4v) is 15.6. The highest BCUT2D eigenvalue weighted by atomic mass is 15.2. The van der Waals surface area contributed by atoms with Gasteiger partial charge in [-0.1, -0.05) is 265 Å². The van der Waals surface area contributed by atoms with E-state index in [1.165, 1.54) is 181 Å². The fraction of sp³-hybridized carbons (Fsp3) is 0.484. The maximum Gasteiger partial charge on any atom is 0.252 e. The summed E-state index contributed by atoms with van der Waals surface area (Å²) < 4.78 is 0. The molecule has 0 amide bonds. The number of rotatable bonds is 7. The monoisotopic (exact) mass is 1260 g/mol. The van der Waals surface area contributed by atoms with E-state index in [9.17, 15) is 0 Å². The second-order valence-corrected chi connectivity index (χ2v) is 38.1. The van der Waals surface area contributed by atoms with Crippen molar-refractivity contribution in [3.63, 3.8) is 0 Å². The average Bonchev–Trinajstić information content (AvgIpc) is 0.696. The van der Waals surface area contributed by atoms with Crippen LogP contribution in [0.25, 0.3) is 33.6 Å². The Morgan fingerprint density at radius 2 is 0.558 bits per heavy atom. The predicted octanol–water partition coefficient (Wildman–Crippen LogP) is 24.6. The lowest BCUT2D eigenvalue weighted by Crippen LogP contribution is -2.61. The summed E-state index contributed by atoms with van der Waals surface area (Å²) in [6.45, 7) is 57.1. The topological polar surface area (TPSA) is 19.4 Å². The lowest BCUT2D eigenvalue weighted by atomic mass is 9.33. The third-order valence-corrected chi connectivity index (χ3v) is 22.2. The van der Waals surface area contributed by atoms with Crippen molar-refractivity contribution in [2.45, 2.75) is 286 Å². The van der Waals surface area contributed by atoms with E-state index in [0.717, 1.165) is 22.5 Å². The molecule has 2 saturated carbocycles. The van der Waals surface area contributed by atoms with E-state index >= 15 is 0 Å². The largest absolute Gasteiger partial charge is 0.311 e. The van der Waals surface area contributed by atoms with E-state index < -0.39 is 0 Å². The first-order valence-electron chi connectivity index (χ1n) is 36.8. The van der Waals surface area contributed by atoms with Crippen LogP contribution in [-0.2, 0) is 43.3 Å². The van der Waals surface area contributed by atoms with Crippen molar-refractivity contribution in [2.75, 3.05) is 9.80 Å². The second-order valence-electron chi connectivity index (χ2n) is 38.1. The zero-order chi connectivity index (χ0) is 68.7. The van der Waals surface area contributed by atoms with E-state index in [4.69, 9.17) is 4.98 Å². The molecule has 3 nitrogen and oxygen atoms in total. The Hall–Kier alpha value is -6.65. The van der Waals surface area contributed by atoms with Crippen LogP contribution < -0.4 is 26.2 Å². The highest BCUT2D eigenvalue weighted by molar-refractivity contribution is 7.00. The van der Waals surface area contributed by atoms with Crippen LogP contribution >= 0.6 is 0 Å². The van der Waals surface area contributed by atoms with Gasteiger partial charge in [0.1, 0.15) is 0 Å². The van der Waals surface area contributed by atoms with Gasteiger partial charge in [-0.3, -0.25) is 0 Å². The summed E-state index contributed by atoms with van der Waals surface area (Å²) >= 11 is 0. The summed E-state index contributed by atoms with van der Waals surface area (Å²) in [5, 5.41) is 0. The van der Waals surface area contributed by atoms with Crippen molar-refractivity contribution >= 4 is 57.2 Å². The molecule has 3 heterocycles. The van der Waals surface area contributed by atoms with Crippen LogP contribution in [0, 0.1) is 0 Å². The molecule has 2 aliphatic carbocycles. The Bertz CT molecular complexity index is 3840. The number of hydrogen-bond acceptors (Lipinski definition) is 3. The predicted molar refractivity (Wildman–Crippen MR) is 416 cm³/mol. The summed E-state index contributed by atoms with van der Waals surface area (Å²) in [7, 11) is 0. The molecule has 0 saturated heterocycles. The molecule has 0 spiro atoms. The smallest absolute Gasteiger partial charge is 0.252 e. The van der Waals surface area contributed by atoms with Crippen LogP contribution in [0.3, 0.4) is 0 Å². The van der Waals surface area contributed by atoms with E-state index in [1.54, 1.807) is 0 Å². The van der Waals surface area contributed by atoms with Crippen LogP contribution in [0.4, 0.5) is 34.1 Å². The molecular formula is C91H116BN3. The van der Waals surface area contributed by atoms with E-state index in [-0.39, 0.29) is 50.0 Å². The average molecular weight is 1260 g/mol. The van der Waals surface area contributed by atoms with Crippen molar-refractivity contribution < 1.29 is 0 Å². The molecule has 4 heteroatoms. The lowest BCUT2D eigenvalue weighted by molar-refractivity contribution is 0.444. The summed E-state index contributed by atoms with van der Waals surface area (Å²) in [5.74, 6) is 1.06. The molecule has 0 atom stereocenters. The van der Waals surface area contributed by atoms with Crippen molar-refractivity contribution in [3.05, 3.63) is 189 Å². The first-order chi connectivity index (χ1) is 44.1. The molecular weight excluding hydrogens is 1150 g/mol. The maximum absolute atomic E-state index is 6.13. The summed E-state index contributed by atoms with van der Waals surface area (Å²) in [6.07, 6.45) is 12.8. The minimum Gasteiger partial charge on any atom is -0.311 e. The summed E-state index contributed by atoms with van der Waals surface area (Å²) in [5.41, 5.74) is 31.3. The van der Waals surface area contributed by atoms with Gasteiger partial charge < -0.3 is 9.80 Å². The van der Waals surface area contributed by atoms with Gasteiger partial charge in [0, 0.05) is 45.3 Å². The van der Waals surface area contributed by atoms with Gasteiger partial charge in [-0.15, -0.1) is 0 Å². The molecule has 0 radical (unpaired) electrons. The van der Waals surface area contributed by atoms with E-state index in [2.05, 4.69) is 309 Å². The quantitative estimate of drug-likeness (QED) is 0.148. The number of nitrogens with zero attached hydrogens (tertiary/aromatic N) is 3. The van der Waals surface area contributed by atoms with Crippen molar-refractivity contribution in [1.29, 1.82) is 0 Å². The third kappa shape index (κ3) is 13.7. The highest BCUT2D eigenvalue weighted by Crippen LogP contribution is 2.51. The summed E-state index contributed by atoms with van der Waals surface area (Å²) in [6, 6.07) is 55.8. The number of benzene rings is 7. The van der Waals surface area contributed by atoms with Gasteiger partial charge in [0.15, 0.2) is 0 Å². The van der Waals surface area contributed by atoms with Crippen LogP contribution in [0.1, 0.15) is 298 Å². The Kier molecular flexibility index (Phi) is 17.3. The fourth-order valence-electron chi connectivity index (χ4n) is 15.6.